The monoisotopic (exact) mass is 913 g/mol. The molecular formula is C51H55N5O11. The van der Waals surface area contributed by atoms with Crippen LogP contribution in [0.5, 0.6) is 0 Å². The van der Waals surface area contributed by atoms with Gasteiger partial charge in [-0.3, -0.25) is 33.7 Å². The minimum atomic E-state index is -1.33. The van der Waals surface area contributed by atoms with E-state index in [2.05, 4.69) is 10.6 Å². The van der Waals surface area contributed by atoms with Gasteiger partial charge in [0.1, 0.15) is 6.61 Å². The van der Waals surface area contributed by atoms with E-state index < -0.39 is 23.5 Å². The zero-order chi connectivity index (χ0) is 46.8. The van der Waals surface area contributed by atoms with E-state index >= 15 is 0 Å². The molecule has 0 bridgehead atoms. The highest BCUT2D eigenvalue weighted by Crippen LogP contribution is 2.46. The predicted octanol–water partition coefficient (Wildman–Crippen LogP) is 4.10. The van der Waals surface area contributed by atoms with Crippen molar-refractivity contribution < 1.29 is 52.5 Å². The number of ketones is 1. The van der Waals surface area contributed by atoms with E-state index in [0.29, 0.717) is 68.4 Å². The normalized spacial score (nSPS) is 21.0. The highest BCUT2D eigenvalue weighted by atomic mass is 16.6. The highest BCUT2D eigenvalue weighted by molar-refractivity contribution is 6.09. The molecule has 8 rings (SSSR count). The Kier molecular flexibility index (Phi) is 15.3. The number of carbonyl (C=O) groups is 6. The molecule has 3 aliphatic heterocycles. The Morgan fingerprint density at radius 2 is 1.43 bits per heavy atom. The first-order valence-corrected chi connectivity index (χ1v) is 22.7. The molecule has 0 saturated carbocycles. The van der Waals surface area contributed by atoms with Crippen molar-refractivity contribution >= 4 is 46.9 Å². The second kappa shape index (κ2) is 21.8. The van der Waals surface area contributed by atoms with Gasteiger partial charge in [-0.15, -0.1) is 0 Å². The van der Waals surface area contributed by atoms with Gasteiger partial charge in [0.25, 0.3) is 5.91 Å². The van der Waals surface area contributed by atoms with E-state index in [4.69, 9.17) is 28.7 Å². The van der Waals surface area contributed by atoms with Gasteiger partial charge in [-0.1, -0.05) is 84.9 Å². The van der Waals surface area contributed by atoms with Gasteiger partial charge in [-0.25, -0.2) is 4.99 Å². The number of benzene rings is 4. The quantitative estimate of drug-likeness (QED) is 0.0905. The zero-order valence-electron chi connectivity index (χ0n) is 37.5. The SMILES string of the molecule is CN1C(=O)CCC(C2Cc3c(NC(=O)COCCOCCOCCOCCNC(=O)CN4Cc5ccccc5[C@@H]5OC(c6ccccc6)=N[C@]5(Cc5ccccc5)C4=O)cccc3C2=O)C1=O. The van der Waals surface area contributed by atoms with E-state index in [0.717, 1.165) is 27.2 Å². The van der Waals surface area contributed by atoms with E-state index in [-0.39, 0.29) is 87.8 Å². The summed E-state index contributed by atoms with van der Waals surface area (Å²) in [6.07, 6.45) is 0.471. The molecule has 3 heterocycles. The number of carbonyl (C=O) groups excluding carboxylic acids is 6. The minimum absolute atomic E-state index is 0.147. The number of fused-ring (bicyclic) bond motifs is 4. The first-order chi connectivity index (χ1) is 32.6. The van der Waals surface area contributed by atoms with Crippen LogP contribution in [0.1, 0.15) is 57.1 Å². The second-order valence-corrected chi connectivity index (χ2v) is 17.0. The molecule has 2 unspecified atom stereocenters. The Morgan fingerprint density at radius 1 is 0.761 bits per heavy atom. The molecule has 1 saturated heterocycles. The Bertz CT molecular complexity index is 2480. The first kappa shape index (κ1) is 46.9. The molecule has 4 aromatic carbocycles. The number of Topliss-reactive ketones (excluding diaryl/α,β-unsaturated/α-hetero) is 1. The summed E-state index contributed by atoms with van der Waals surface area (Å²) in [5.41, 5.74) is 3.80. The van der Waals surface area contributed by atoms with Gasteiger partial charge in [-0.05, 0) is 47.7 Å². The summed E-state index contributed by atoms with van der Waals surface area (Å²) in [5.74, 6) is -2.46. The molecule has 5 amide bonds. The van der Waals surface area contributed by atoms with E-state index in [9.17, 15) is 28.8 Å². The first-order valence-electron chi connectivity index (χ1n) is 22.7. The lowest BCUT2D eigenvalue weighted by atomic mass is 9.81. The van der Waals surface area contributed by atoms with Gasteiger partial charge in [0.05, 0.1) is 52.8 Å². The molecule has 16 nitrogen and oxygen atoms in total. The van der Waals surface area contributed by atoms with Crippen LogP contribution in [0.3, 0.4) is 0 Å². The number of ether oxygens (including phenoxy) is 5. The van der Waals surface area contributed by atoms with Crippen LogP contribution in [0.2, 0.25) is 0 Å². The van der Waals surface area contributed by atoms with Crippen molar-refractivity contribution in [3.05, 3.63) is 137 Å². The maximum atomic E-state index is 14.8. The lowest BCUT2D eigenvalue weighted by Crippen LogP contribution is -2.52. The van der Waals surface area contributed by atoms with Crippen LogP contribution in [0.15, 0.2) is 108 Å². The van der Waals surface area contributed by atoms with Gasteiger partial charge in [0, 0.05) is 67.2 Å². The van der Waals surface area contributed by atoms with Crippen LogP contribution in [-0.4, -0.2) is 130 Å². The van der Waals surface area contributed by atoms with Crippen molar-refractivity contribution in [2.45, 2.75) is 43.9 Å². The summed E-state index contributed by atoms with van der Waals surface area (Å²) in [5, 5.41) is 5.70. The van der Waals surface area contributed by atoms with Crippen molar-refractivity contribution in [1.82, 2.24) is 15.1 Å². The molecule has 4 aromatic rings. The van der Waals surface area contributed by atoms with Crippen molar-refractivity contribution in [2.24, 2.45) is 16.8 Å². The van der Waals surface area contributed by atoms with Crippen LogP contribution in [-0.2, 0) is 67.0 Å². The molecule has 0 aromatic heterocycles. The Balaban J connectivity index is 0.707. The lowest BCUT2D eigenvalue weighted by Gasteiger charge is -2.32. The summed E-state index contributed by atoms with van der Waals surface area (Å²) in [7, 11) is 1.45. The Hall–Kier alpha value is -6.59. The summed E-state index contributed by atoms with van der Waals surface area (Å²) < 4.78 is 28.9. The van der Waals surface area contributed by atoms with Gasteiger partial charge >= 0.3 is 0 Å². The number of anilines is 1. The largest absolute Gasteiger partial charge is 0.466 e. The van der Waals surface area contributed by atoms with Gasteiger partial charge in [-0.2, -0.15) is 0 Å². The van der Waals surface area contributed by atoms with Crippen molar-refractivity contribution in [3.8, 4) is 0 Å². The molecule has 0 radical (unpaired) electrons. The van der Waals surface area contributed by atoms with Crippen LogP contribution >= 0.6 is 0 Å². The van der Waals surface area contributed by atoms with Crippen LogP contribution in [0, 0.1) is 11.8 Å². The molecule has 0 spiro atoms. The van der Waals surface area contributed by atoms with Crippen molar-refractivity contribution in [1.29, 1.82) is 0 Å². The number of piperidine rings is 1. The fourth-order valence-corrected chi connectivity index (χ4v) is 9.21. The maximum Gasteiger partial charge on any atom is 0.256 e. The van der Waals surface area contributed by atoms with Gasteiger partial charge < -0.3 is 39.2 Å². The molecule has 67 heavy (non-hydrogen) atoms. The average molecular weight is 914 g/mol. The van der Waals surface area contributed by atoms with Crippen molar-refractivity contribution in [3.63, 3.8) is 0 Å². The maximum absolute atomic E-state index is 14.8. The number of rotatable bonds is 21. The minimum Gasteiger partial charge on any atom is -0.466 e. The van der Waals surface area contributed by atoms with Crippen LogP contribution < -0.4 is 10.6 Å². The van der Waals surface area contributed by atoms with E-state index in [1.54, 1.807) is 23.1 Å². The fourth-order valence-electron chi connectivity index (χ4n) is 9.21. The molecule has 4 atom stereocenters. The summed E-state index contributed by atoms with van der Waals surface area (Å²) >= 11 is 0. The third-order valence-electron chi connectivity index (χ3n) is 12.6. The molecular weight excluding hydrogens is 859 g/mol. The Morgan fingerprint density at radius 3 is 2.18 bits per heavy atom. The standard InChI is InChI=1S/C51H55N5O11/c1-55-45(59)20-19-39(49(55)61)41-29-40-38(46(41)60)17-10-18-42(40)53-44(58)33-66-28-27-65-26-25-64-24-23-63-22-21-52-43(57)32-56-31-36-15-8-9-16-37(36)47-51(50(56)62,30-34-11-4-2-5-12-34)54-48(67-47)35-13-6-3-7-14-35/h2-18,39,41,47H,19-33H2,1H3,(H,52,57)(H,53,58)/t39?,41?,47-,51-/m0/s1. The number of nitrogens with zero attached hydrogens (tertiary/aromatic N) is 3. The van der Waals surface area contributed by atoms with E-state index in [1.807, 2.05) is 84.9 Å². The number of imide groups is 1. The number of likely N-dealkylation sites (tertiary alicyclic amines) is 1. The predicted molar refractivity (Wildman–Crippen MR) is 245 cm³/mol. The third-order valence-corrected chi connectivity index (χ3v) is 12.6. The summed E-state index contributed by atoms with van der Waals surface area (Å²) in [4.78, 5) is 86.5. The number of hydrogen-bond donors (Lipinski definition) is 2. The third kappa shape index (κ3) is 10.8. The molecule has 4 aliphatic rings. The van der Waals surface area contributed by atoms with Crippen molar-refractivity contribution in [2.75, 3.05) is 78.3 Å². The smallest absolute Gasteiger partial charge is 0.256 e. The van der Waals surface area contributed by atoms with E-state index in [1.165, 1.54) is 7.05 Å². The number of nitrogens with one attached hydrogen (secondary N) is 2. The number of hydrogen-bond acceptors (Lipinski definition) is 12. The van der Waals surface area contributed by atoms with Crippen LogP contribution in [0.4, 0.5) is 5.69 Å². The average Bonchev–Trinajstić information content (AvgIpc) is 3.87. The molecule has 1 fully saturated rings. The summed E-state index contributed by atoms with van der Waals surface area (Å²) in [6.45, 7) is 2.02. The number of amides is 5. The lowest BCUT2D eigenvalue weighted by molar-refractivity contribution is -0.151. The fraction of sp³-hybridized carbons (Fsp3) is 0.392. The topological polar surface area (TPSA) is 191 Å². The zero-order valence-corrected chi connectivity index (χ0v) is 37.5. The van der Waals surface area contributed by atoms with Crippen LogP contribution in [0.25, 0.3) is 0 Å². The highest BCUT2D eigenvalue weighted by Gasteiger charge is 2.57. The molecule has 350 valence electrons. The molecule has 16 heteroatoms. The molecule has 1 aliphatic carbocycles. The summed E-state index contributed by atoms with van der Waals surface area (Å²) in [6, 6.07) is 32.2. The Labute approximate surface area is 388 Å². The van der Waals surface area contributed by atoms with Gasteiger partial charge in [0.2, 0.25) is 29.5 Å². The second-order valence-electron chi connectivity index (χ2n) is 17.0. The van der Waals surface area contributed by atoms with Gasteiger partial charge in [0.15, 0.2) is 17.4 Å². The molecule has 2 N–H and O–H groups in total. The number of aliphatic imine (C=N–C) groups is 1.